The Bertz CT molecular complexity index is 1010. The fraction of sp³-hybridized carbons (Fsp3) is 0.375. The number of rotatable bonds is 10. The van der Waals surface area contributed by atoms with Gasteiger partial charge in [-0.2, -0.15) is 4.98 Å². The third-order valence-corrected chi connectivity index (χ3v) is 4.87. The fourth-order valence-electron chi connectivity index (χ4n) is 3.09. The molecular formula is C24H32IN5O3. The molecule has 9 heteroatoms. The Balaban J connectivity index is 0.00000385. The highest BCUT2D eigenvalue weighted by Crippen LogP contribution is 2.26. The van der Waals surface area contributed by atoms with Crippen LogP contribution in [0, 0.1) is 0 Å². The zero-order chi connectivity index (χ0) is 22.8. The van der Waals surface area contributed by atoms with E-state index in [9.17, 15) is 0 Å². The molecule has 0 amide bonds. The summed E-state index contributed by atoms with van der Waals surface area (Å²) in [4.78, 5) is 8.65. The molecule has 1 aromatic heterocycles. The minimum atomic E-state index is -0.0599. The summed E-state index contributed by atoms with van der Waals surface area (Å²) in [6.07, 6.45) is 1.56. The number of nitrogens with one attached hydrogen (secondary N) is 2. The number of halogens is 1. The molecule has 0 aliphatic heterocycles. The van der Waals surface area contributed by atoms with E-state index >= 15 is 0 Å². The average Bonchev–Trinajstić information content (AvgIpc) is 3.31. The topological polar surface area (TPSA) is 93.8 Å². The number of ether oxygens (including phenoxy) is 2. The average molecular weight is 565 g/mol. The molecule has 1 heterocycles. The van der Waals surface area contributed by atoms with Crippen molar-refractivity contribution in [1.29, 1.82) is 0 Å². The molecule has 0 aliphatic carbocycles. The van der Waals surface area contributed by atoms with Crippen LogP contribution in [0.15, 0.2) is 58.0 Å². The lowest BCUT2D eigenvalue weighted by Crippen LogP contribution is -2.42. The van der Waals surface area contributed by atoms with Crippen LogP contribution < -0.4 is 20.1 Å². The van der Waals surface area contributed by atoms with E-state index in [1.54, 1.807) is 14.2 Å². The third-order valence-electron chi connectivity index (χ3n) is 4.87. The van der Waals surface area contributed by atoms with Crippen molar-refractivity contribution in [1.82, 2.24) is 20.8 Å². The predicted molar refractivity (Wildman–Crippen MR) is 141 cm³/mol. The zero-order valence-electron chi connectivity index (χ0n) is 19.5. The fourth-order valence-corrected chi connectivity index (χ4v) is 3.09. The second-order valence-electron chi connectivity index (χ2n) is 7.28. The second kappa shape index (κ2) is 13.7. The van der Waals surface area contributed by atoms with Crippen LogP contribution in [0.2, 0.25) is 0 Å². The molecule has 8 nitrogen and oxygen atoms in total. The minimum absolute atomic E-state index is 0. The maximum Gasteiger partial charge on any atom is 0.257 e. The van der Waals surface area contributed by atoms with E-state index in [1.807, 2.05) is 50.2 Å². The van der Waals surface area contributed by atoms with E-state index in [4.69, 9.17) is 14.0 Å². The van der Waals surface area contributed by atoms with Crippen LogP contribution in [0.3, 0.4) is 0 Å². The molecule has 0 saturated heterocycles. The Morgan fingerprint density at radius 2 is 1.82 bits per heavy atom. The van der Waals surface area contributed by atoms with Crippen LogP contribution in [0.4, 0.5) is 0 Å². The predicted octanol–water partition coefficient (Wildman–Crippen LogP) is 4.10. The van der Waals surface area contributed by atoms with Gasteiger partial charge >= 0.3 is 0 Å². The number of nitrogens with zero attached hydrogens (tertiary/aromatic N) is 3. The molecule has 3 aromatic rings. The SMILES string of the molecule is CCc1noc(-c2ccc(CCNC(=NC)NCC(C)Oc3ccccc3OC)cc2)n1.I. The van der Waals surface area contributed by atoms with Gasteiger partial charge in [0.15, 0.2) is 23.3 Å². The van der Waals surface area contributed by atoms with Crippen molar-refractivity contribution < 1.29 is 14.0 Å². The van der Waals surface area contributed by atoms with Crippen molar-refractivity contribution in [2.75, 3.05) is 27.2 Å². The van der Waals surface area contributed by atoms with Gasteiger partial charge in [-0.3, -0.25) is 4.99 Å². The molecule has 2 aromatic carbocycles. The molecule has 3 rings (SSSR count). The number of guanidine groups is 1. The van der Waals surface area contributed by atoms with E-state index in [2.05, 4.69) is 37.9 Å². The van der Waals surface area contributed by atoms with E-state index in [-0.39, 0.29) is 30.1 Å². The van der Waals surface area contributed by atoms with Crippen LogP contribution in [-0.4, -0.2) is 49.5 Å². The molecule has 1 unspecified atom stereocenters. The summed E-state index contributed by atoms with van der Waals surface area (Å²) in [6.45, 7) is 5.36. The van der Waals surface area contributed by atoms with E-state index < -0.39 is 0 Å². The van der Waals surface area contributed by atoms with Crippen LogP contribution in [0.1, 0.15) is 25.2 Å². The Kier molecular flexibility index (Phi) is 10.9. The Labute approximate surface area is 212 Å². The first kappa shape index (κ1) is 26.4. The highest BCUT2D eigenvalue weighted by Gasteiger charge is 2.10. The van der Waals surface area contributed by atoms with Crippen LogP contribution >= 0.6 is 24.0 Å². The lowest BCUT2D eigenvalue weighted by atomic mass is 10.1. The van der Waals surface area contributed by atoms with Gasteiger partial charge in [0.25, 0.3) is 5.89 Å². The number of para-hydroxylation sites is 2. The van der Waals surface area contributed by atoms with Gasteiger partial charge in [-0.15, -0.1) is 24.0 Å². The van der Waals surface area contributed by atoms with Crippen molar-refractivity contribution in [3.8, 4) is 23.0 Å². The van der Waals surface area contributed by atoms with Crippen LogP contribution in [0.5, 0.6) is 11.5 Å². The summed E-state index contributed by atoms with van der Waals surface area (Å²) in [5.41, 5.74) is 2.13. The number of hydrogen-bond acceptors (Lipinski definition) is 6. The first-order valence-electron chi connectivity index (χ1n) is 10.8. The number of methoxy groups -OCH3 is 1. The first-order valence-corrected chi connectivity index (χ1v) is 10.8. The third kappa shape index (κ3) is 7.92. The Morgan fingerprint density at radius 3 is 2.45 bits per heavy atom. The van der Waals surface area contributed by atoms with Gasteiger partial charge in [0.2, 0.25) is 0 Å². The van der Waals surface area contributed by atoms with Gasteiger partial charge in [0.1, 0.15) is 6.10 Å². The second-order valence-corrected chi connectivity index (χ2v) is 7.28. The number of aryl methyl sites for hydroxylation is 1. The van der Waals surface area contributed by atoms with Crippen molar-refractivity contribution in [3.63, 3.8) is 0 Å². The standard InChI is InChI=1S/C24H31N5O3.HI/c1-5-22-28-23(32-29-22)19-12-10-18(11-13-19)14-15-26-24(25-3)27-16-17(2)31-21-9-7-6-8-20(21)30-4;/h6-13,17H,5,14-16H2,1-4H3,(H2,25,26,27);1H. The van der Waals surface area contributed by atoms with E-state index in [0.717, 1.165) is 48.2 Å². The van der Waals surface area contributed by atoms with Gasteiger partial charge in [-0.1, -0.05) is 36.3 Å². The summed E-state index contributed by atoms with van der Waals surface area (Å²) < 4.78 is 16.6. The maximum atomic E-state index is 5.97. The monoisotopic (exact) mass is 565 g/mol. The lowest BCUT2D eigenvalue weighted by molar-refractivity contribution is 0.213. The smallest absolute Gasteiger partial charge is 0.257 e. The van der Waals surface area contributed by atoms with Crippen LogP contribution in [-0.2, 0) is 12.8 Å². The van der Waals surface area contributed by atoms with Gasteiger partial charge in [0.05, 0.1) is 13.7 Å². The summed E-state index contributed by atoms with van der Waals surface area (Å²) in [7, 11) is 3.39. The molecule has 0 spiro atoms. The summed E-state index contributed by atoms with van der Waals surface area (Å²) >= 11 is 0. The highest BCUT2D eigenvalue weighted by molar-refractivity contribution is 14.0. The number of hydrogen-bond donors (Lipinski definition) is 2. The molecule has 0 fully saturated rings. The van der Waals surface area contributed by atoms with E-state index in [0.29, 0.717) is 12.4 Å². The molecule has 33 heavy (non-hydrogen) atoms. The summed E-state index contributed by atoms with van der Waals surface area (Å²) in [6, 6.07) is 15.8. The first-order chi connectivity index (χ1) is 15.6. The molecule has 0 aliphatic rings. The molecule has 1 atom stereocenters. The zero-order valence-corrected chi connectivity index (χ0v) is 21.8. The quantitative estimate of drug-likeness (QED) is 0.217. The van der Waals surface area contributed by atoms with Crippen molar-refractivity contribution in [2.24, 2.45) is 4.99 Å². The number of aliphatic imine (C=N–C) groups is 1. The van der Waals surface area contributed by atoms with Gasteiger partial charge in [0, 0.05) is 25.6 Å². The highest BCUT2D eigenvalue weighted by atomic mass is 127. The number of benzene rings is 2. The maximum absolute atomic E-state index is 5.97. The summed E-state index contributed by atoms with van der Waals surface area (Å²) in [5.74, 6) is 3.45. The largest absolute Gasteiger partial charge is 0.493 e. The van der Waals surface area contributed by atoms with Crippen LogP contribution in [0.25, 0.3) is 11.5 Å². The Hall–Kier alpha value is -2.82. The molecule has 0 bridgehead atoms. The Morgan fingerprint density at radius 1 is 1.09 bits per heavy atom. The van der Waals surface area contributed by atoms with Gasteiger partial charge < -0.3 is 24.6 Å². The number of aromatic nitrogens is 2. The van der Waals surface area contributed by atoms with E-state index in [1.165, 1.54) is 5.56 Å². The van der Waals surface area contributed by atoms with Crippen molar-refractivity contribution >= 4 is 29.9 Å². The lowest BCUT2D eigenvalue weighted by Gasteiger charge is -2.19. The molecule has 0 saturated carbocycles. The van der Waals surface area contributed by atoms with Gasteiger partial charge in [-0.05, 0) is 43.2 Å². The van der Waals surface area contributed by atoms with Crippen molar-refractivity contribution in [2.45, 2.75) is 32.8 Å². The molecule has 178 valence electrons. The molecule has 0 radical (unpaired) electrons. The molecule has 2 N–H and O–H groups in total. The minimum Gasteiger partial charge on any atom is -0.493 e. The summed E-state index contributed by atoms with van der Waals surface area (Å²) in [5, 5.41) is 10.6. The molecular weight excluding hydrogens is 533 g/mol. The van der Waals surface area contributed by atoms with Crippen molar-refractivity contribution in [3.05, 3.63) is 59.9 Å². The van der Waals surface area contributed by atoms with Gasteiger partial charge in [-0.25, -0.2) is 0 Å². The normalized spacial score (nSPS) is 11.9.